The molecule has 0 radical (unpaired) electrons. The van der Waals surface area contributed by atoms with Crippen LogP contribution in [-0.2, 0) is 0 Å². The van der Waals surface area contributed by atoms with Gasteiger partial charge in [0.2, 0.25) is 0 Å². The van der Waals surface area contributed by atoms with Gasteiger partial charge in [-0.1, -0.05) is 47.0 Å². The van der Waals surface area contributed by atoms with Crippen molar-refractivity contribution in [3.05, 3.63) is 82.6 Å². The summed E-state index contributed by atoms with van der Waals surface area (Å²) in [5.74, 6) is 3.32. The Hall–Kier alpha value is -2.71. The number of anilines is 2. The van der Waals surface area contributed by atoms with Crippen molar-refractivity contribution in [2.45, 2.75) is 9.79 Å². The highest BCUT2D eigenvalue weighted by Crippen LogP contribution is 2.37. The lowest BCUT2D eigenvalue weighted by Crippen LogP contribution is -1.96. The zero-order chi connectivity index (χ0) is 19.5. The summed E-state index contributed by atoms with van der Waals surface area (Å²) in [5, 5.41) is 5.52. The van der Waals surface area contributed by atoms with Gasteiger partial charge in [-0.05, 0) is 54.6 Å². The first kappa shape index (κ1) is 18.6. The van der Waals surface area contributed by atoms with Crippen LogP contribution in [0.15, 0.2) is 76.8 Å². The molecule has 0 saturated heterocycles. The number of hydrogen-bond acceptors (Lipinski definition) is 4. The average Bonchev–Trinajstić information content (AvgIpc) is 2.71. The Labute approximate surface area is 177 Å². The van der Waals surface area contributed by atoms with E-state index >= 15 is 0 Å². The third-order valence-electron chi connectivity index (χ3n) is 4.02. The fourth-order valence-electron chi connectivity index (χ4n) is 2.69. The first-order valence-electron chi connectivity index (χ1n) is 8.34. The summed E-state index contributed by atoms with van der Waals surface area (Å²) in [7, 11) is 0. The number of fused-ring (bicyclic) bond motifs is 1. The second-order valence-electron chi connectivity index (χ2n) is 5.93. The Kier molecular flexibility index (Phi) is 5.40. The molecule has 0 unspecified atom stereocenters. The highest BCUT2D eigenvalue weighted by atomic mass is 35.5. The van der Waals surface area contributed by atoms with E-state index in [1.54, 1.807) is 11.8 Å². The zero-order valence-corrected chi connectivity index (χ0v) is 16.8. The van der Waals surface area contributed by atoms with Gasteiger partial charge in [0.05, 0.1) is 10.5 Å². The monoisotopic (exact) mass is 421 g/mol. The lowest BCUT2D eigenvalue weighted by atomic mass is 10.2. The molecule has 0 aliphatic heterocycles. The molecule has 136 valence electrons. The van der Waals surface area contributed by atoms with Crippen LogP contribution in [-0.4, -0.2) is 9.97 Å². The molecule has 6 heteroatoms. The number of benzene rings is 3. The van der Waals surface area contributed by atoms with Gasteiger partial charge in [-0.25, -0.2) is 9.97 Å². The minimum atomic E-state index is 0.631. The molecule has 3 nitrogen and oxygen atoms in total. The largest absolute Gasteiger partial charge is 0.340 e. The van der Waals surface area contributed by atoms with Crippen LogP contribution in [0.2, 0.25) is 10.0 Å². The lowest BCUT2D eigenvalue weighted by Gasteiger charge is -2.11. The van der Waals surface area contributed by atoms with Gasteiger partial charge in [-0.2, -0.15) is 0 Å². The van der Waals surface area contributed by atoms with Crippen LogP contribution in [0.3, 0.4) is 0 Å². The first-order chi connectivity index (χ1) is 13.6. The van der Waals surface area contributed by atoms with Crippen LogP contribution in [0.25, 0.3) is 10.9 Å². The second kappa shape index (κ2) is 8.12. The molecule has 4 rings (SSSR count). The molecule has 1 heterocycles. The highest BCUT2D eigenvalue weighted by Gasteiger charge is 2.11. The Morgan fingerprint density at radius 3 is 2.57 bits per heavy atom. The summed E-state index contributed by atoms with van der Waals surface area (Å²) < 4.78 is 0. The van der Waals surface area contributed by atoms with Crippen molar-refractivity contribution in [1.29, 1.82) is 0 Å². The van der Waals surface area contributed by atoms with E-state index in [2.05, 4.69) is 21.2 Å². The fourth-order valence-corrected chi connectivity index (χ4v) is 3.95. The zero-order valence-electron chi connectivity index (χ0n) is 14.5. The normalized spacial score (nSPS) is 10.6. The predicted octanol–water partition coefficient (Wildman–Crippen LogP) is 6.81. The van der Waals surface area contributed by atoms with Gasteiger partial charge in [0.1, 0.15) is 12.1 Å². The smallest absolute Gasteiger partial charge is 0.141 e. The number of rotatable bonds is 4. The van der Waals surface area contributed by atoms with E-state index in [-0.39, 0.29) is 0 Å². The molecule has 0 amide bonds. The van der Waals surface area contributed by atoms with Crippen molar-refractivity contribution >= 4 is 57.4 Å². The maximum absolute atomic E-state index is 6.49. The highest BCUT2D eigenvalue weighted by molar-refractivity contribution is 7.99. The summed E-state index contributed by atoms with van der Waals surface area (Å²) in [5.41, 5.74) is 2.42. The maximum Gasteiger partial charge on any atom is 0.141 e. The molecule has 0 spiro atoms. The standard InChI is InChI=1S/C22H13Cl2N3S/c1-2-14-4-3-5-16(10-14)27-22-18-11-21(19(24)12-20(18)25-13-26-22)28-17-8-6-15(23)7-9-17/h1,3-13H,(H,25,26,27). The first-order valence-corrected chi connectivity index (χ1v) is 9.91. The number of halogens is 2. The molecule has 0 fully saturated rings. The summed E-state index contributed by atoms with van der Waals surface area (Å²) in [6.45, 7) is 0. The topological polar surface area (TPSA) is 37.8 Å². The SMILES string of the molecule is C#Cc1cccc(Nc2ncnc3cc(Cl)c(Sc4ccc(Cl)cc4)cc23)c1. The van der Waals surface area contributed by atoms with E-state index in [9.17, 15) is 0 Å². The molecule has 0 atom stereocenters. The van der Waals surface area contributed by atoms with Crippen molar-refractivity contribution in [3.8, 4) is 12.3 Å². The average molecular weight is 422 g/mol. The fraction of sp³-hybridized carbons (Fsp3) is 0. The van der Waals surface area contributed by atoms with Gasteiger partial charge in [-0.3, -0.25) is 0 Å². The molecular weight excluding hydrogens is 409 g/mol. The van der Waals surface area contributed by atoms with E-state index in [4.69, 9.17) is 29.6 Å². The van der Waals surface area contributed by atoms with Gasteiger partial charge in [0.15, 0.2) is 0 Å². The molecule has 0 bridgehead atoms. The number of aromatic nitrogens is 2. The molecule has 4 aromatic rings. The Morgan fingerprint density at radius 2 is 1.79 bits per heavy atom. The van der Waals surface area contributed by atoms with Crippen LogP contribution in [0.5, 0.6) is 0 Å². The Morgan fingerprint density at radius 1 is 0.964 bits per heavy atom. The quantitative estimate of drug-likeness (QED) is 0.367. The van der Waals surface area contributed by atoms with Gasteiger partial charge in [0.25, 0.3) is 0 Å². The molecule has 1 N–H and O–H groups in total. The molecule has 0 aliphatic carbocycles. The van der Waals surface area contributed by atoms with Crippen molar-refractivity contribution in [3.63, 3.8) is 0 Å². The molecule has 0 saturated carbocycles. The van der Waals surface area contributed by atoms with Crippen molar-refractivity contribution < 1.29 is 0 Å². The van der Waals surface area contributed by atoms with Gasteiger partial charge >= 0.3 is 0 Å². The predicted molar refractivity (Wildman–Crippen MR) is 118 cm³/mol. The Bertz CT molecular complexity index is 1200. The number of terminal acetylenes is 1. The van der Waals surface area contributed by atoms with E-state index in [1.165, 1.54) is 6.33 Å². The molecular formula is C22H13Cl2N3S. The second-order valence-corrected chi connectivity index (χ2v) is 7.89. The van der Waals surface area contributed by atoms with Crippen LogP contribution in [0.1, 0.15) is 5.56 Å². The minimum Gasteiger partial charge on any atom is -0.340 e. The molecule has 28 heavy (non-hydrogen) atoms. The minimum absolute atomic E-state index is 0.631. The Balaban J connectivity index is 1.73. The number of nitrogens with one attached hydrogen (secondary N) is 1. The van der Waals surface area contributed by atoms with Crippen LogP contribution >= 0.6 is 35.0 Å². The van der Waals surface area contributed by atoms with Gasteiger partial charge in [0, 0.05) is 31.5 Å². The summed E-state index contributed by atoms with van der Waals surface area (Å²) in [6, 6.07) is 19.1. The van der Waals surface area contributed by atoms with Crippen LogP contribution in [0, 0.1) is 12.3 Å². The summed E-state index contributed by atoms with van der Waals surface area (Å²) >= 11 is 14.0. The molecule has 1 aromatic heterocycles. The third kappa shape index (κ3) is 4.07. The van der Waals surface area contributed by atoms with E-state index in [1.807, 2.05) is 60.7 Å². The van der Waals surface area contributed by atoms with Crippen LogP contribution in [0.4, 0.5) is 11.5 Å². The molecule has 0 aliphatic rings. The van der Waals surface area contributed by atoms with Crippen molar-refractivity contribution in [2.75, 3.05) is 5.32 Å². The number of hydrogen-bond donors (Lipinski definition) is 1. The van der Waals surface area contributed by atoms with Crippen molar-refractivity contribution in [2.24, 2.45) is 0 Å². The third-order valence-corrected chi connectivity index (χ3v) is 5.76. The van der Waals surface area contributed by atoms with Crippen molar-refractivity contribution in [1.82, 2.24) is 9.97 Å². The number of nitrogens with zero attached hydrogens (tertiary/aromatic N) is 2. The maximum atomic E-state index is 6.49. The van der Waals surface area contributed by atoms with E-state index in [0.717, 1.165) is 31.9 Å². The van der Waals surface area contributed by atoms with E-state index in [0.29, 0.717) is 15.9 Å². The lowest BCUT2D eigenvalue weighted by molar-refractivity contribution is 1.21. The molecule has 3 aromatic carbocycles. The van der Waals surface area contributed by atoms with Gasteiger partial charge in [-0.15, -0.1) is 6.42 Å². The van der Waals surface area contributed by atoms with Crippen LogP contribution < -0.4 is 5.32 Å². The van der Waals surface area contributed by atoms with Gasteiger partial charge < -0.3 is 5.32 Å². The summed E-state index contributed by atoms with van der Waals surface area (Å²) in [6.07, 6.45) is 7.00. The summed E-state index contributed by atoms with van der Waals surface area (Å²) in [4.78, 5) is 10.7. The van der Waals surface area contributed by atoms with E-state index < -0.39 is 0 Å².